The molecular weight excluding hydrogens is 382 g/mol. The predicted octanol–water partition coefficient (Wildman–Crippen LogP) is 3.38. The van der Waals surface area contributed by atoms with E-state index in [0.717, 1.165) is 11.3 Å². The van der Waals surface area contributed by atoms with Gasteiger partial charge in [-0.25, -0.2) is 4.52 Å². The molecule has 0 spiro atoms. The van der Waals surface area contributed by atoms with Crippen LogP contribution in [0, 0.1) is 10.1 Å². The third-order valence-corrected chi connectivity index (χ3v) is 4.64. The molecular formula is C18H13N5O4S. The van der Waals surface area contributed by atoms with E-state index in [1.807, 2.05) is 35.7 Å². The van der Waals surface area contributed by atoms with E-state index in [2.05, 4.69) is 15.4 Å². The second-order valence-electron chi connectivity index (χ2n) is 5.68. The van der Waals surface area contributed by atoms with Gasteiger partial charge in [-0.1, -0.05) is 42.5 Å². The Balaban J connectivity index is 1.46. The SMILES string of the molecule is O=C(COc1ccccc1[N+](=O)[O-])Nc1nc2scc(-c3ccccc3)n2n1. The zero-order valence-electron chi connectivity index (χ0n) is 14.3. The lowest BCUT2D eigenvalue weighted by Crippen LogP contribution is -2.21. The summed E-state index contributed by atoms with van der Waals surface area (Å²) in [5.74, 6) is -0.356. The van der Waals surface area contributed by atoms with E-state index in [0.29, 0.717) is 4.96 Å². The monoisotopic (exact) mass is 395 g/mol. The van der Waals surface area contributed by atoms with Crippen LogP contribution in [-0.4, -0.2) is 32.0 Å². The Morgan fingerprint density at radius 1 is 1.18 bits per heavy atom. The topological polar surface area (TPSA) is 112 Å². The van der Waals surface area contributed by atoms with Crippen LogP contribution in [0.5, 0.6) is 5.75 Å². The van der Waals surface area contributed by atoms with Crippen LogP contribution in [-0.2, 0) is 4.79 Å². The number of rotatable bonds is 6. The van der Waals surface area contributed by atoms with Crippen molar-refractivity contribution in [2.75, 3.05) is 11.9 Å². The van der Waals surface area contributed by atoms with Gasteiger partial charge in [-0.15, -0.1) is 16.4 Å². The number of ether oxygens (including phenoxy) is 1. The Hall–Kier alpha value is -3.79. The van der Waals surface area contributed by atoms with Gasteiger partial charge in [0.25, 0.3) is 11.9 Å². The number of nitrogens with zero attached hydrogens (tertiary/aromatic N) is 4. The fourth-order valence-corrected chi connectivity index (χ4v) is 3.41. The van der Waals surface area contributed by atoms with Crippen molar-refractivity contribution in [3.8, 4) is 17.0 Å². The van der Waals surface area contributed by atoms with Crippen molar-refractivity contribution in [1.29, 1.82) is 0 Å². The zero-order chi connectivity index (χ0) is 19.5. The number of hydrogen-bond donors (Lipinski definition) is 1. The molecule has 4 rings (SSSR count). The van der Waals surface area contributed by atoms with Crippen molar-refractivity contribution < 1.29 is 14.5 Å². The average molecular weight is 395 g/mol. The lowest BCUT2D eigenvalue weighted by atomic mass is 10.2. The highest BCUT2D eigenvalue weighted by molar-refractivity contribution is 7.15. The molecule has 0 unspecified atom stereocenters. The van der Waals surface area contributed by atoms with Crippen LogP contribution >= 0.6 is 11.3 Å². The number of nitro groups is 1. The van der Waals surface area contributed by atoms with Crippen molar-refractivity contribution in [3.05, 3.63) is 70.1 Å². The molecule has 0 fully saturated rings. The van der Waals surface area contributed by atoms with E-state index in [-0.39, 0.29) is 17.4 Å². The quantitative estimate of drug-likeness (QED) is 0.396. The average Bonchev–Trinajstić information content (AvgIpc) is 3.27. The number of carbonyl (C=O) groups is 1. The van der Waals surface area contributed by atoms with Crippen LogP contribution in [0.2, 0.25) is 0 Å². The smallest absolute Gasteiger partial charge is 0.310 e. The molecule has 28 heavy (non-hydrogen) atoms. The molecule has 4 aromatic rings. The zero-order valence-corrected chi connectivity index (χ0v) is 15.1. The molecule has 1 N–H and O–H groups in total. The van der Waals surface area contributed by atoms with Crippen molar-refractivity contribution in [3.63, 3.8) is 0 Å². The summed E-state index contributed by atoms with van der Waals surface area (Å²) in [6, 6.07) is 15.6. The van der Waals surface area contributed by atoms with E-state index in [9.17, 15) is 14.9 Å². The van der Waals surface area contributed by atoms with Crippen LogP contribution in [0.1, 0.15) is 0 Å². The maximum Gasteiger partial charge on any atom is 0.310 e. The minimum Gasteiger partial charge on any atom is -0.477 e. The van der Waals surface area contributed by atoms with Crippen molar-refractivity contribution in [2.24, 2.45) is 0 Å². The molecule has 0 radical (unpaired) electrons. The number of fused-ring (bicyclic) bond motifs is 1. The summed E-state index contributed by atoms with van der Waals surface area (Å²) in [7, 11) is 0. The highest BCUT2D eigenvalue weighted by atomic mass is 32.1. The van der Waals surface area contributed by atoms with Crippen LogP contribution in [0.25, 0.3) is 16.2 Å². The number of benzene rings is 2. The van der Waals surface area contributed by atoms with E-state index in [4.69, 9.17) is 4.74 Å². The summed E-state index contributed by atoms with van der Waals surface area (Å²) < 4.78 is 6.92. The van der Waals surface area contributed by atoms with Crippen LogP contribution in [0.15, 0.2) is 60.0 Å². The van der Waals surface area contributed by atoms with Crippen LogP contribution in [0.4, 0.5) is 11.6 Å². The van der Waals surface area contributed by atoms with Gasteiger partial charge in [0.2, 0.25) is 4.96 Å². The molecule has 0 saturated heterocycles. The molecule has 9 nitrogen and oxygen atoms in total. The minimum atomic E-state index is -0.566. The highest BCUT2D eigenvalue weighted by Crippen LogP contribution is 2.26. The number of para-hydroxylation sites is 2. The van der Waals surface area contributed by atoms with Gasteiger partial charge in [-0.3, -0.25) is 20.2 Å². The molecule has 2 aromatic carbocycles. The Labute approximate surface area is 162 Å². The summed E-state index contributed by atoms with van der Waals surface area (Å²) in [5, 5.41) is 19.8. The maximum atomic E-state index is 12.1. The Morgan fingerprint density at radius 2 is 1.93 bits per heavy atom. The Morgan fingerprint density at radius 3 is 2.71 bits per heavy atom. The Bertz CT molecular complexity index is 1160. The lowest BCUT2D eigenvalue weighted by molar-refractivity contribution is -0.385. The first-order valence-corrected chi connectivity index (χ1v) is 9.05. The second-order valence-corrected chi connectivity index (χ2v) is 6.51. The summed E-state index contributed by atoms with van der Waals surface area (Å²) >= 11 is 1.40. The maximum absolute atomic E-state index is 12.1. The summed E-state index contributed by atoms with van der Waals surface area (Å²) in [5.41, 5.74) is 1.64. The molecule has 2 aromatic heterocycles. The first kappa shape index (κ1) is 17.6. The highest BCUT2D eigenvalue weighted by Gasteiger charge is 2.17. The van der Waals surface area contributed by atoms with Crippen molar-refractivity contribution in [1.82, 2.24) is 14.6 Å². The van der Waals surface area contributed by atoms with Gasteiger partial charge in [0.15, 0.2) is 12.4 Å². The summed E-state index contributed by atoms with van der Waals surface area (Å²) in [6.07, 6.45) is 0. The number of carbonyl (C=O) groups excluding carboxylic acids is 1. The molecule has 10 heteroatoms. The third kappa shape index (κ3) is 3.53. The number of nitro benzene ring substituents is 1. The van der Waals surface area contributed by atoms with E-state index < -0.39 is 17.4 Å². The number of hydrogen-bond acceptors (Lipinski definition) is 7. The predicted molar refractivity (Wildman–Crippen MR) is 104 cm³/mol. The van der Waals surface area contributed by atoms with E-state index in [1.165, 1.54) is 29.5 Å². The normalized spacial score (nSPS) is 10.7. The first-order chi connectivity index (χ1) is 13.6. The van der Waals surface area contributed by atoms with Crippen LogP contribution in [0.3, 0.4) is 0 Å². The standard InChI is InChI=1S/C18H13N5O4S/c24-16(10-27-15-9-5-4-8-13(15)23(25)26)19-17-20-18-22(21-17)14(11-28-18)12-6-2-1-3-7-12/h1-9,11H,10H2,(H,19,21,24). The molecule has 0 aliphatic carbocycles. The van der Waals surface area contributed by atoms with Crippen molar-refractivity contribution >= 4 is 33.8 Å². The number of aromatic nitrogens is 3. The number of thiazole rings is 1. The van der Waals surface area contributed by atoms with Crippen molar-refractivity contribution in [2.45, 2.75) is 0 Å². The number of amides is 1. The largest absolute Gasteiger partial charge is 0.477 e. The molecule has 0 saturated carbocycles. The molecule has 1 amide bonds. The van der Waals surface area contributed by atoms with Gasteiger partial charge in [0.1, 0.15) is 0 Å². The fraction of sp³-hybridized carbons (Fsp3) is 0.0556. The molecule has 0 atom stereocenters. The Kier molecular flexibility index (Phi) is 4.68. The second kappa shape index (κ2) is 7.45. The van der Waals surface area contributed by atoms with Gasteiger partial charge in [-0.05, 0) is 6.07 Å². The minimum absolute atomic E-state index is 0.0211. The van der Waals surface area contributed by atoms with Gasteiger partial charge in [0.05, 0.1) is 10.6 Å². The van der Waals surface area contributed by atoms with Gasteiger partial charge < -0.3 is 4.74 Å². The van der Waals surface area contributed by atoms with Crippen LogP contribution < -0.4 is 10.1 Å². The summed E-state index contributed by atoms with van der Waals surface area (Å²) in [6.45, 7) is -0.400. The van der Waals surface area contributed by atoms with Gasteiger partial charge in [0, 0.05) is 17.0 Å². The molecule has 0 aliphatic rings. The van der Waals surface area contributed by atoms with E-state index in [1.54, 1.807) is 10.6 Å². The molecule has 140 valence electrons. The summed E-state index contributed by atoms with van der Waals surface area (Å²) in [4.78, 5) is 27.4. The first-order valence-electron chi connectivity index (χ1n) is 8.17. The van der Waals surface area contributed by atoms with Gasteiger partial charge >= 0.3 is 5.69 Å². The fourth-order valence-electron chi connectivity index (χ4n) is 2.58. The number of anilines is 1. The third-order valence-electron chi connectivity index (χ3n) is 3.82. The van der Waals surface area contributed by atoms with Gasteiger partial charge in [-0.2, -0.15) is 4.98 Å². The molecule has 0 bridgehead atoms. The van der Waals surface area contributed by atoms with E-state index >= 15 is 0 Å². The molecule has 0 aliphatic heterocycles. The lowest BCUT2D eigenvalue weighted by Gasteiger charge is -2.05. The number of nitrogens with one attached hydrogen (secondary N) is 1. The molecule has 2 heterocycles.